The van der Waals surface area contributed by atoms with Gasteiger partial charge in [0.25, 0.3) is 0 Å². The molecule has 0 spiro atoms. The zero-order valence-electron chi connectivity index (χ0n) is 31.4. The van der Waals surface area contributed by atoms with Crippen LogP contribution in [-0.2, 0) is 20.8 Å². The lowest BCUT2D eigenvalue weighted by atomic mass is 9.58. The van der Waals surface area contributed by atoms with E-state index in [1.54, 1.807) is 4.90 Å². The van der Waals surface area contributed by atoms with E-state index in [4.69, 9.17) is 9.39 Å². The van der Waals surface area contributed by atoms with Gasteiger partial charge in [-0.25, -0.2) is 0 Å². The molecule has 4 atom stereocenters. The standard InChI is InChI=1S/C44H53BN2O6/c1-4-11-31(24-33-22-29(2)42(48)30(3)23-33)16-17-39-40-34(28-52-36-14-9-6-10-15-36)25-37-41(38(40)26-45(51)53-39)44(50)47(43(37)49)35-18-20-46(21-19-35)27-32-12-7-5-8-13-32/h5-10,12-15,22-24,35,37-39,41,48,51H,4,11,16-21,25-28H2,1-3H3/b31-24+/t37-,38+,39-,41-/m1/s1. The number of imide groups is 1. The number of benzene rings is 3. The third-order valence-corrected chi connectivity index (χ3v) is 11.9. The number of phenolic OH excluding ortho intramolecular Hbond substituents is 1. The Morgan fingerprint density at radius 3 is 2.30 bits per heavy atom. The summed E-state index contributed by atoms with van der Waals surface area (Å²) in [5, 5.41) is 21.6. The summed E-state index contributed by atoms with van der Waals surface area (Å²) in [6.45, 7) is 8.85. The quantitative estimate of drug-likeness (QED) is 0.114. The first kappa shape index (κ1) is 37.2. The van der Waals surface area contributed by atoms with Gasteiger partial charge >= 0.3 is 7.12 Å². The normalized spacial score (nSPS) is 24.1. The summed E-state index contributed by atoms with van der Waals surface area (Å²) in [4.78, 5) is 32.8. The van der Waals surface area contributed by atoms with Crippen molar-refractivity contribution >= 4 is 25.0 Å². The molecule has 3 heterocycles. The van der Waals surface area contributed by atoms with Gasteiger partial charge in [-0.15, -0.1) is 0 Å². The van der Waals surface area contributed by atoms with Crippen molar-refractivity contribution < 1.29 is 29.1 Å². The number of amides is 2. The van der Waals surface area contributed by atoms with Gasteiger partial charge in [0, 0.05) is 25.7 Å². The fraction of sp³-hybridized carbons (Fsp3) is 0.455. The van der Waals surface area contributed by atoms with Crippen molar-refractivity contribution in [3.63, 3.8) is 0 Å². The van der Waals surface area contributed by atoms with Crippen molar-refractivity contribution in [2.75, 3.05) is 19.7 Å². The average Bonchev–Trinajstić information content (AvgIpc) is 3.41. The van der Waals surface area contributed by atoms with Gasteiger partial charge in [0.15, 0.2) is 0 Å². The third-order valence-electron chi connectivity index (χ3n) is 11.9. The lowest BCUT2D eigenvalue weighted by Gasteiger charge is -2.43. The van der Waals surface area contributed by atoms with Gasteiger partial charge in [-0.2, -0.15) is 0 Å². The second-order valence-electron chi connectivity index (χ2n) is 15.6. The number of allylic oxidation sites excluding steroid dienone is 1. The largest absolute Gasteiger partial charge is 0.507 e. The summed E-state index contributed by atoms with van der Waals surface area (Å²) in [6, 6.07) is 24.0. The maximum atomic E-state index is 14.5. The number of phenols is 1. The van der Waals surface area contributed by atoms with Crippen LogP contribution in [0.5, 0.6) is 11.5 Å². The van der Waals surface area contributed by atoms with Gasteiger partial charge in [-0.3, -0.25) is 19.4 Å². The number of carbonyl (C=O) groups is 2. The van der Waals surface area contributed by atoms with Crippen molar-refractivity contribution in [3.05, 3.63) is 112 Å². The zero-order chi connectivity index (χ0) is 37.1. The Hall–Kier alpha value is -4.18. The van der Waals surface area contributed by atoms with Gasteiger partial charge in [-0.1, -0.05) is 73.5 Å². The van der Waals surface area contributed by atoms with Gasteiger partial charge in [0.05, 0.1) is 17.9 Å². The van der Waals surface area contributed by atoms with Crippen molar-refractivity contribution in [2.45, 2.75) is 90.7 Å². The monoisotopic (exact) mass is 716 g/mol. The van der Waals surface area contributed by atoms with E-state index >= 15 is 0 Å². The first-order valence-electron chi connectivity index (χ1n) is 19.6. The molecule has 3 fully saturated rings. The summed E-state index contributed by atoms with van der Waals surface area (Å²) in [5.41, 5.74) is 7.35. The van der Waals surface area contributed by atoms with Gasteiger partial charge in [0.2, 0.25) is 11.8 Å². The predicted octanol–water partition coefficient (Wildman–Crippen LogP) is 7.51. The number of carbonyl (C=O) groups excluding carboxylic acids is 2. The highest BCUT2D eigenvalue weighted by Gasteiger charge is 2.58. The highest BCUT2D eigenvalue weighted by Crippen LogP contribution is 2.51. The van der Waals surface area contributed by atoms with E-state index in [0.717, 1.165) is 85.3 Å². The molecule has 0 bridgehead atoms. The van der Waals surface area contributed by atoms with E-state index in [1.807, 2.05) is 62.4 Å². The van der Waals surface area contributed by atoms with Crippen LogP contribution in [0.3, 0.4) is 0 Å². The average molecular weight is 717 g/mol. The number of piperidine rings is 1. The van der Waals surface area contributed by atoms with E-state index in [-0.39, 0.29) is 30.1 Å². The smallest absolute Gasteiger partial charge is 0.455 e. The van der Waals surface area contributed by atoms with Crippen LogP contribution in [0, 0.1) is 31.6 Å². The molecule has 2 N–H and O–H groups in total. The Labute approximate surface area is 314 Å². The number of para-hydroxylation sites is 1. The summed E-state index contributed by atoms with van der Waals surface area (Å²) >= 11 is 0. The van der Waals surface area contributed by atoms with Crippen molar-refractivity contribution in [2.24, 2.45) is 17.8 Å². The number of hydrogen-bond acceptors (Lipinski definition) is 7. The SMILES string of the molecule is CCC/C(=C\c1cc(C)c(O)c(C)c1)CC[C@H]1OB(O)C[C@H]2C1=C(COc1ccccc1)C[C@H]1C(=O)N(C3CCN(Cc4ccccc4)CC3)C(=O)[C@H]12. The molecule has 7 rings (SSSR count). The Morgan fingerprint density at radius 2 is 1.62 bits per heavy atom. The second kappa shape index (κ2) is 16.5. The van der Waals surface area contributed by atoms with E-state index in [0.29, 0.717) is 25.2 Å². The first-order valence-corrected chi connectivity index (χ1v) is 19.6. The molecular formula is C44H53BN2O6. The molecule has 0 unspecified atom stereocenters. The zero-order valence-corrected chi connectivity index (χ0v) is 31.4. The van der Waals surface area contributed by atoms with Gasteiger partial charge in [-0.05, 0) is 122 Å². The molecular weight excluding hydrogens is 663 g/mol. The fourth-order valence-corrected chi connectivity index (χ4v) is 9.36. The molecule has 53 heavy (non-hydrogen) atoms. The second-order valence-corrected chi connectivity index (χ2v) is 15.6. The lowest BCUT2D eigenvalue weighted by molar-refractivity contribution is -0.144. The molecule has 3 saturated heterocycles. The topological polar surface area (TPSA) is 99.5 Å². The fourth-order valence-electron chi connectivity index (χ4n) is 9.36. The Morgan fingerprint density at radius 1 is 0.943 bits per heavy atom. The lowest BCUT2D eigenvalue weighted by Crippen LogP contribution is -2.48. The molecule has 0 aromatic heterocycles. The van der Waals surface area contributed by atoms with Crippen LogP contribution in [0.15, 0.2) is 89.5 Å². The maximum absolute atomic E-state index is 14.5. The third kappa shape index (κ3) is 8.18. The first-order chi connectivity index (χ1) is 25.7. The summed E-state index contributed by atoms with van der Waals surface area (Å²) < 4.78 is 12.7. The Kier molecular flexibility index (Phi) is 11.5. The molecule has 278 valence electrons. The molecule has 0 radical (unpaired) electrons. The Balaban J connectivity index is 1.13. The number of nitrogens with zero attached hydrogens (tertiary/aromatic N) is 2. The van der Waals surface area contributed by atoms with E-state index < -0.39 is 25.1 Å². The molecule has 0 saturated carbocycles. The summed E-state index contributed by atoms with van der Waals surface area (Å²) in [6.07, 6.45) is 7.37. The molecule has 2 amide bonds. The number of hydrogen-bond donors (Lipinski definition) is 2. The van der Waals surface area contributed by atoms with Crippen LogP contribution in [0.1, 0.15) is 74.1 Å². The number of fused-ring (bicyclic) bond motifs is 3. The molecule has 3 aromatic rings. The number of rotatable bonds is 12. The van der Waals surface area contributed by atoms with Crippen molar-refractivity contribution in [1.29, 1.82) is 0 Å². The highest BCUT2D eigenvalue weighted by molar-refractivity contribution is 6.43. The molecule has 1 aliphatic carbocycles. The Bertz CT molecular complexity index is 1810. The minimum Gasteiger partial charge on any atom is -0.507 e. The molecule has 8 nitrogen and oxygen atoms in total. The van der Waals surface area contributed by atoms with Crippen LogP contribution in [0.4, 0.5) is 0 Å². The van der Waals surface area contributed by atoms with E-state index in [9.17, 15) is 19.7 Å². The number of aromatic hydroxyl groups is 1. The maximum Gasteiger partial charge on any atom is 0.455 e. The van der Waals surface area contributed by atoms with Crippen LogP contribution >= 0.6 is 0 Å². The van der Waals surface area contributed by atoms with Crippen molar-refractivity contribution in [3.8, 4) is 11.5 Å². The van der Waals surface area contributed by atoms with E-state index in [2.05, 4.69) is 42.2 Å². The molecule has 9 heteroatoms. The van der Waals surface area contributed by atoms with Gasteiger partial charge in [0.1, 0.15) is 18.1 Å². The van der Waals surface area contributed by atoms with Crippen LogP contribution in [0.25, 0.3) is 6.08 Å². The molecule has 3 aliphatic heterocycles. The van der Waals surface area contributed by atoms with Crippen LogP contribution < -0.4 is 4.74 Å². The molecule has 4 aliphatic rings. The summed E-state index contributed by atoms with van der Waals surface area (Å²) in [7, 11) is -1.03. The number of likely N-dealkylation sites (tertiary alicyclic amines) is 2. The van der Waals surface area contributed by atoms with Crippen LogP contribution in [0.2, 0.25) is 6.32 Å². The minimum absolute atomic E-state index is 0.0667. The van der Waals surface area contributed by atoms with Crippen molar-refractivity contribution in [1.82, 2.24) is 9.80 Å². The number of aryl methyl sites for hydroxylation is 2. The molecule has 3 aromatic carbocycles. The predicted molar refractivity (Wildman–Crippen MR) is 208 cm³/mol. The van der Waals surface area contributed by atoms with Gasteiger partial charge < -0.3 is 19.5 Å². The number of ether oxygens (including phenoxy) is 1. The summed E-state index contributed by atoms with van der Waals surface area (Å²) in [5.74, 6) is -0.331. The van der Waals surface area contributed by atoms with E-state index in [1.165, 1.54) is 11.1 Å². The van der Waals surface area contributed by atoms with Crippen LogP contribution in [-0.4, -0.2) is 70.7 Å². The minimum atomic E-state index is -1.03. The highest BCUT2D eigenvalue weighted by atomic mass is 16.5.